The average molecular weight is 510 g/mol. The molecule has 0 fully saturated rings. The van der Waals surface area contributed by atoms with Crippen LogP contribution in [0.25, 0.3) is 0 Å². The quantitative estimate of drug-likeness (QED) is 0.131. The fourth-order valence-electron chi connectivity index (χ4n) is 4.52. The Kier molecular flexibility index (Phi) is 15.9. The standard InChI is InChI=1S/C32H47NO4/c1-2-3-4-5-6-7-8-9-10-11-12-13-14-18-24-37-29-23-19-22-28(26-29)33-31(34)30(32(35)36)25-27-20-16-15-17-21-27/h15-17,19-23,26,30H,2-14,18,24-25H2,1H3,(H,33,34)(H,35,36). The first-order chi connectivity index (χ1) is 18.1. The number of carboxylic acid groups (broad SMARTS) is 1. The molecular weight excluding hydrogens is 462 g/mol. The zero-order valence-electron chi connectivity index (χ0n) is 22.8. The van der Waals surface area contributed by atoms with Gasteiger partial charge in [-0.25, -0.2) is 0 Å². The van der Waals surface area contributed by atoms with E-state index < -0.39 is 17.8 Å². The Hall–Kier alpha value is -2.82. The minimum atomic E-state index is -1.15. The van der Waals surface area contributed by atoms with Crippen molar-refractivity contribution in [2.75, 3.05) is 11.9 Å². The van der Waals surface area contributed by atoms with E-state index in [0.717, 1.165) is 18.4 Å². The summed E-state index contributed by atoms with van der Waals surface area (Å²) in [5.74, 6) is -2.13. The molecule has 5 heteroatoms. The molecule has 2 aromatic carbocycles. The maximum Gasteiger partial charge on any atom is 0.316 e. The summed E-state index contributed by atoms with van der Waals surface area (Å²) in [6, 6.07) is 16.4. The van der Waals surface area contributed by atoms with Crippen molar-refractivity contribution in [3.63, 3.8) is 0 Å². The maximum absolute atomic E-state index is 12.6. The highest BCUT2D eigenvalue weighted by Gasteiger charge is 2.26. The third-order valence-electron chi connectivity index (χ3n) is 6.77. The highest BCUT2D eigenvalue weighted by atomic mass is 16.5. The molecule has 37 heavy (non-hydrogen) atoms. The molecule has 0 aliphatic heterocycles. The minimum absolute atomic E-state index is 0.150. The zero-order chi connectivity index (χ0) is 26.6. The second-order valence-corrected chi connectivity index (χ2v) is 10.0. The molecule has 0 spiro atoms. The highest BCUT2D eigenvalue weighted by Crippen LogP contribution is 2.20. The van der Waals surface area contributed by atoms with E-state index in [-0.39, 0.29) is 6.42 Å². The largest absolute Gasteiger partial charge is 0.494 e. The number of carboxylic acids is 1. The summed E-state index contributed by atoms with van der Waals surface area (Å²) in [7, 11) is 0. The molecule has 0 bridgehead atoms. The van der Waals surface area contributed by atoms with Crippen molar-refractivity contribution in [2.24, 2.45) is 5.92 Å². The number of ether oxygens (including phenoxy) is 1. The number of anilines is 1. The van der Waals surface area contributed by atoms with Crippen LogP contribution < -0.4 is 10.1 Å². The number of aliphatic carboxylic acids is 1. The van der Waals surface area contributed by atoms with E-state index >= 15 is 0 Å². The molecule has 0 aromatic heterocycles. The molecule has 204 valence electrons. The lowest BCUT2D eigenvalue weighted by molar-refractivity contribution is -0.145. The van der Waals surface area contributed by atoms with Crippen molar-refractivity contribution in [3.8, 4) is 5.75 Å². The van der Waals surface area contributed by atoms with Gasteiger partial charge in [-0.3, -0.25) is 9.59 Å². The van der Waals surface area contributed by atoms with E-state index in [1.54, 1.807) is 12.1 Å². The fourth-order valence-corrected chi connectivity index (χ4v) is 4.52. The van der Waals surface area contributed by atoms with Crippen molar-refractivity contribution in [1.29, 1.82) is 0 Å². The average Bonchev–Trinajstić information content (AvgIpc) is 2.90. The molecule has 1 amide bonds. The van der Waals surface area contributed by atoms with Gasteiger partial charge >= 0.3 is 5.97 Å². The first-order valence-electron chi connectivity index (χ1n) is 14.4. The number of carbonyl (C=O) groups excluding carboxylic acids is 1. The Bertz CT molecular complexity index is 883. The molecule has 0 aliphatic carbocycles. The third-order valence-corrected chi connectivity index (χ3v) is 6.77. The van der Waals surface area contributed by atoms with E-state index in [2.05, 4.69) is 12.2 Å². The number of carbonyl (C=O) groups is 2. The molecule has 0 heterocycles. The molecule has 2 aromatic rings. The topological polar surface area (TPSA) is 75.6 Å². The van der Waals surface area contributed by atoms with Gasteiger partial charge in [0.05, 0.1) is 6.61 Å². The molecule has 0 aliphatic rings. The van der Waals surface area contributed by atoms with Crippen molar-refractivity contribution >= 4 is 17.6 Å². The SMILES string of the molecule is CCCCCCCCCCCCCCCCOc1cccc(NC(=O)C(Cc2ccccc2)C(=O)O)c1. The van der Waals surface area contributed by atoms with Gasteiger partial charge in [-0.15, -0.1) is 0 Å². The van der Waals surface area contributed by atoms with Crippen LogP contribution in [0.1, 0.15) is 102 Å². The second-order valence-electron chi connectivity index (χ2n) is 10.0. The van der Waals surface area contributed by atoms with Crippen LogP contribution in [0.3, 0.4) is 0 Å². The van der Waals surface area contributed by atoms with Crippen molar-refractivity contribution in [2.45, 2.75) is 103 Å². The van der Waals surface area contributed by atoms with Crippen LogP contribution in [-0.4, -0.2) is 23.6 Å². The van der Waals surface area contributed by atoms with E-state index in [9.17, 15) is 14.7 Å². The first-order valence-corrected chi connectivity index (χ1v) is 14.4. The normalized spacial score (nSPS) is 11.7. The number of benzene rings is 2. The van der Waals surface area contributed by atoms with E-state index in [1.807, 2.05) is 42.5 Å². The molecular formula is C32H47NO4. The third kappa shape index (κ3) is 13.9. The van der Waals surface area contributed by atoms with Crippen LogP contribution >= 0.6 is 0 Å². The lowest BCUT2D eigenvalue weighted by atomic mass is 9.98. The molecule has 0 saturated heterocycles. The predicted octanol–water partition coefficient (Wildman–Crippen LogP) is 8.43. The molecule has 1 unspecified atom stereocenters. The second kappa shape index (κ2) is 19.3. The first kappa shape index (κ1) is 30.4. The van der Waals surface area contributed by atoms with Crippen LogP contribution in [0.5, 0.6) is 5.75 Å². The smallest absolute Gasteiger partial charge is 0.316 e. The van der Waals surface area contributed by atoms with Gasteiger partial charge in [0.1, 0.15) is 11.7 Å². The number of amides is 1. The summed E-state index contributed by atoms with van der Waals surface area (Å²) in [4.78, 5) is 24.3. The molecule has 0 radical (unpaired) electrons. The van der Waals surface area contributed by atoms with Crippen LogP contribution in [0, 0.1) is 5.92 Å². The number of nitrogens with one attached hydrogen (secondary N) is 1. The molecule has 5 nitrogen and oxygen atoms in total. The predicted molar refractivity (Wildman–Crippen MR) is 152 cm³/mol. The van der Waals surface area contributed by atoms with Gasteiger partial charge in [-0.05, 0) is 30.5 Å². The van der Waals surface area contributed by atoms with Crippen LogP contribution in [-0.2, 0) is 16.0 Å². The lowest BCUT2D eigenvalue weighted by Gasteiger charge is -2.14. The Morgan fingerprint density at radius 1 is 0.757 bits per heavy atom. The highest BCUT2D eigenvalue weighted by molar-refractivity contribution is 6.04. The summed E-state index contributed by atoms with van der Waals surface area (Å²) in [5, 5.41) is 12.3. The van der Waals surface area contributed by atoms with Gasteiger partial charge in [-0.1, -0.05) is 127 Å². The van der Waals surface area contributed by atoms with Gasteiger partial charge in [0.2, 0.25) is 5.91 Å². The van der Waals surface area contributed by atoms with Crippen LogP contribution in [0.15, 0.2) is 54.6 Å². The van der Waals surface area contributed by atoms with Gasteiger partial charge < -0.3 is 15.2 Å². The zero-order valence-corrected chi connectivity index (χ0v) is 22.8. The van der Waals surface area contributed by atoms with Crippen LogP contribution in [0.4, 0.5) is 5.69 Å². The van der Waals surface area contributed by atoms with Gasteiger partial charge in [0, 0.05) is 11.8 Å². The number of hydrogen-bond donors (Lipinski definition) is 2. The summed E-state index contributed by atoms with van der Waals surface area (Å²) < 4.78 is 5.87. The number of hydrogen-bond acceptors (Lipinski definition) is 3. The van der Waals surface area contributed by atoms with E-state index in [4.69, 9.17) is 4.74 Å². The Morgan fingerprint density at radius 3 is 1.89 bits per heavy atom. The molecule has 2 rings (SSSR count). The minimum Gasteiger partial charge on any atom is -0.494 e. The monoisotopic (exact) mass is 509 g/mol. The maximum atomic E-state index is 12.6. The van der Waals surface area contributed by atoms with E-state index in [0.29, 0.717) is 18.0 Å². The molecule has 0 saturated carbocycles. The van der Waals surface area contributed by atoms with Gasteiger partial charge in [-0.2, -0.15) is 0 Å². The summed E-state index contributed by atoms with van der Waals surface area (Å²) in [6.07, 6.45) is 18.7. The van der Waals surface area contributed by atoms with Crippen molar-refractivity contribution in [3.05, 3.63) is 60.2 Å². The molecule has 2 N–H and O–H groups in total. The fraction of sp³-hybridized carbons (Fsp3) is 0.562. The molecule has 1 atom stereocenters. The lowest BCUT2D eigenvalue weighted by Crippen LogP contribution is -2.31. The Balaban J connectivity index is 1.57. The summed E-state index contributed by atoms with van der Waals surface area (Å²) >= 11 is 0. The number of unbranched alkanes of at least 4 members (excludes halogenated alkanes) is 13. The summed E-state index contributed by atoms with van der Waals surface area (Å²) in [5.41, 5.74) is 1.36. The van der Waals surface area contributed by atoms with Crippen molar-refractivity contribution < 1.29 is 19.4 Å². The van der Waals surface area contributed by atoms with Gasteiger partial charge in [0.15, 0.2) is 0 Å². The van der Waals surface area contributed by atoms with E-state index in [1.165, 1.54) is 77.0 Å². The van der Waals surface area contributed by atoms with Crippen LogP contribution in [0.2, 0.25) is 0 Å². The van der Waals surface area contributed by atoms with Gasteiger partial charge in [0.25, 0.3) is 0 Å². The Labute approximate surface area is 224 Å². The number of rotatable bonds is 21. The Morgan fingerprint density at radius 2 is 1.32 bits per heavy atom. The van der Waals surface area contributed by atoms with Crippen molar-refractivity contribution in [1.82, 2.24) is 0 Å². The summed E-state index contributed by atoms with van der Waals surface area (Å²) in [6.45, 7) is 2.91.